The number of anilines is 1. The van der Waals surface area contributed by atoms with E-state index in [1.807, 2.05) is 25.1 Å². The Morgan fingerprint density at radius 1 is 1.25 bits per heavy atom. The molecule has 1 aromatic carbocycles. The third-order valence-corrected chi connectivity index (χ3v) is 3.09. The Hall–Kier alpha value is -2.23. The summed E-state index contributed by atoms with van der Waals surface area (Å²) in [5.74, 6) is -0.545. The first-order chi connectivity index (χ1) is 9.49. The van der Waals surface area contributed by atoms with Crippen molar-refractivity contribution >= 4 is 11.5 Å². The smallest absolute Gasteiger partial charge is 0.161 e. The molecule has 0 saturated carbocycles. The minimum Gasteiger partial charge on any atom is -0.366 e. The van der Waals surface area contributed by atoms with Crippen LogP contribution in [0.25, 0.3) is 0 Å². The van der Waals surface area contributed by atoms with E-state index in [1.165, 1.54) is 13.0 Å². The monoisotopic (exact) mass is 272 g/mol. The number of aromatic nitrogens is 1. The van der Waals surface area contributed by atoms with Crippen LogP contribution in [0.15, 0.2) is 36.4 Å². The van der Waals surface area contributed by atoms with Crippen molar-refractivity contribution in [2.75, 3.05) is 11.9 Å². The van der Waals surface area contributed by atoms with Crippen molar-refractivity contribution < 1.29 is 9.18 Å². The van der Waals surface area contributed by atoms with Crippen molar-refractivity contribution in [3.63, 3.8) is 0 Å². The molecule has 0 radical (unpaired) electrons. The molecular formula is C16H17FN2O. The lowest BCUT2D eigenvalue weighted by Gasteiger charge is -2.22. The first kappa shape index (κ1) is 14.2. The first-order valence-electron chi connectivity index (χ1n) is 6.42. The van der Waals surface area contributed by atoms with Gasteiger partial charge in [-0.05, 0) is 38.1 Å². The van der Waals surface area contributed by atoms with Gasteiger partial charge in [0.2, 0.25) is 0 Å². The number of aryl methyl sites for hydroxylation is 1. The Labute approximate surface area is 118 Å². The number of nitrogens with zero attached hydrogens (tertiary/aromatic N) is 2. The van der Waals surface area contributed by atoms with E-state index in [-0.39, 0.29) is 5.78 Å². The van der Waals surface area contributed by atoms with Crippen LogP contribution in [0, 0.1) is 12.7 Å². The number of carbonyl (C=O) groups is 1. The summed E-state index contributed by atoms with van der Waals surface area (Å²) in [6.07, 6.45) is 0. The first-order valence-corrected chi connectivity index (χ1v) is 6.42. The standard InChI is InChI=1S/C16H17FN2O/c1-11-6-4-7-13(18-11)10-19(3)16-14(12(2)20)8-5-9-15(16)17/h4-9H,10H2,1-3H3. The van der Waals surface area contributed by atoms with E-state index in [2.05, 4.69) is 4.98 Å². The van der Waals surface area contributed by atoms with Crippen molar-refractivity contribution in [3.05, 3.63) is 59.2 Å². The van der Waals surface area contributed by atoms with Crippen LogP contribution in [0.3, 0.4) is 0 Å². The Kier molecular flexibility index (Phi) is 4.13. The number of para-hydroxylation sites is 1. The summed E-state index contributed by atoms with van der Waals surface area (Å²) in [6, 6.07) is 10.3. The molecule has 3 nitrogen and oxygen atoms in total. The van der Waals surface area contributed by atoms with E-state index >= 15 is 0 Å². The zero-order chi connectivity index (χ0) is 14.7. The fourth-order valence-corrected chi connectivity index (χ4v) is 2.20. The number of hydrogen-bond donors (Lipinski definition) is 0. The molecule has 0 aliphatic heterocycles. The lowest BCUT2D eigenvalue weighted by molar-refractivity contribution is 0.101. The lowest BCUT2D eigenvalue weighted by Crippen LogP contribution is -2.21. The summed E-state index contributed by atoms with van der Waals surface area (Å²) in [4.78, 5) is 17.7. The van der Waals surface area contributed by atoms with Gasteiger partial charge in [-0.25, -0.2) is 4.39 Å². The van der Waals surface area contributed by atoms with Gasteiger partial charge in [0.05, 0.1) is 17.9 Å². The van der Waals surface area contributed by atoms with Crippen molar-refractivity contribution in [2.45, 2.75) is 20.4 Å². The Balaban J connectivity index is 2.34. The minimum absolute atomic E-state index is 0.149. The lowest BCUT2D eigenvalue weighted by atomic mass is 10.1. The molecule has 0 spiro atoms. The number of hydrogen-bond acceptors (Lipinski definition) is 3. The second kappa shape index (κ2) is 5.82. The molecule has 2 rings (SSSR count). The number of Topliss-reactive ketones (excluding diaryl/α,β-unsaturated/α-hetero) is 1. The molecule has 1 aromatic heterocycles. The molecule has 2 aromatic rings. The molecule has 0 bridgehead atoms. The number of halogens is 1. The molecule has 104 valence electrons. The molecule has 0 aliphatic carbocycles. The number of benzene rings is 1. The average Bonchev–Trinajstić information content (AvgIpc) is 2.38. The topological polar surface area (TPSA) is 33.2 Å². The largest absolute Gasteiger partial charge is 0.366 e. The fourth-order valence-electron chi connectivity index (χ4n) is 2.20. The molecule has 0 amide bonds. The predicted octanol–water partition coefficient (Wildman–Crippen LogP) is 3.37. The van der Waals surface area contributed by atoms with Gasteiger partial charge in [0.25, 0.3) is 0 Å². The van der Waals surface area contributed by atoms with Gasteiger partial charge in [-0.3, -0.25) is 9.78 Å². The fraction of sp³-hybridized carbons (Fsp3) is 0.250. The van der Waals surface area contributed by atoms with Gasteiger partial charge < -0.3 is 4.90 Å². The molecule has 0 fully saturated rings. The minimum atomic E-state index is -0.396. The molecular weight excluding hydrogens is 255 g/mol. The Morgan fingerprint density at radius 2 is 1.95 bits per heavy atom. The van der Waals surface area contributed by atoms with Gasteiger partial charge in [-0.2, -0.15) is 0 Å². The second-order valence-electron chi connectivity index (χ2n) is 4.82. The molecule has 0 unspecified atom stereocenters. The van der Waals surface area contributed by atoms with Crippen molar-refractivity contribution in [1.82, 2.24) is 4.98 Å². The quantitative estimate of drug-likeness (QED) is 0.800. The highest BCUT2D eigenvalue weighted by Gasteiger charge is 2.16. The molecule has 20 heavy (non-hydrogen) atoms. The summed E-state index contributed by atoms with van der Waals surface area (Å²) in [5.41, 5.74) is 2.46. The normalized spacial score (nSPS) is 10.4. The van der Waals surface area contributed by atoms with Crippen LogP contribution in [0.1, 0.15) is 28.7 Å². The van der Waals surface area contributed by atoms with Gasteiger partial charge in [0.15, 0.2) is 5.78 Å². The number of carbonyl (C=O) groups excluding carboxylic acids is 1. The maximum Gasteiger partial charge on any atom is 0.161 e. The van der Waals surface area contributed by atoms with Gasteiger partial charge in [-0.15, -0.1) is 0 Å². The van der Waals surface area contributed by atoms with Gasteiger partial charge >= 0.3 is 0 Å². The van der Waals surface area contributed by atoms with Crippen molar-refractivity contribution in [3.8, 4) is 0 Å². The van der Waals surface area contributed by atoms with E-state index in [9.17, 15) is 9.18 Å². The van der Waals surface area contributed by atoms with Crippen LogP contribution >= 0.6 is 0 Å². The molecule has 0 saturated heterocycles. The number of ketones is 1. The summed E-state index contributed by atoms with van der Waals surface area (Å²) in [5, 5.41) is 0. The molecule has 0 N–H and O–H groups in total. The maximum absolute atomic E-state index is 14.0. The molecule has 1 heterocycles. The zero-order valence-electron chi connectivity index (χ0n) is 11.9. The van der Waals surface area contributed by atoms with Crippen LogP contribution in [0.2, 0.25) is 0 Å². The summed E-state index contributed by atoms with van der Waals surface area (Å²) in [6.45, 7) is 3.80. The second-order valence-corrected chi connectivity index (χ2v) is 4.82. The summed E-state index contributed by atoms with van der Waals surface area (Å²) in [7, 11) is 1.76. The highest BCUT2D eigenvalue weighted by atomic mass is 19.1. The number of rotatable bonds is 4. The van der Waals surface area contributed by atoms with Crippen LogP contribution < -0.4 is 4.90 Å². The van der Waals surface area contributed by atoms with Gasteiger partial charge in [0.1, 0.15) is 5.82 Å². The van der Waals surface area contributed by atoms with Crippen LogP contribution in [-0.4, -0.2) is 17.8 Å². The molecule has 4 heteroatoms. The Bertz CT molecular complexity index is 640. The zero-order valence-corrected chi connectivity index (χ0v) is 11.9. The van der Waals surface area contributed by atoms with Crippen molar-refractivity contribution in [2.24, 2.45) is 0 Å². The molecule has 0 aliphatic rings. The predicted molar refractivity (Wildman–Crippen MR) is 77.5 cm³/mol. The van der Waals surface area contributed by atoms with E-state index in [4.69, 9.17) is 0 Å². The summed E-state index contributed by atoms with van der Waals surface area (Å²) < 4.78 is 14.0. The van der Waals surface area contributed by atoms with E-state index in [1.54, 1.807) is 24.1 Å². The highest BCUT2D eigenvalue weighted by Crippen LogP contribution is 2.25. The van der Waals surface area contributed by atoms with Crippen LogP contribution in [0.5, 0.6) is 0 Å². The van der Waals surface area contributed by atoms with E-state index < -0.39 is 5.82 Å². The third-order valence-electron chi connectivity index (χ3n) is 3.09. The van der Waals surface area contributed by atoms with Crippen molar-refractivity contribution in [1.29, 1.82) is 0 Å². The Morgan fingerprint density at radius 3 is 2.60 bits per heavy atom. The van der Waals surface area contributed by atoms with Crippen LogP contribution in [0.4, 0.5) is 10.1 Å². The van der Waals surface area contributed by atoms with Crippen LogP contribution in [-0.2, 0) is 6.54 Å². The maximum atomic E-state index is 14.0. The SMILES string of the molecule is CC(=O)c1cccc(F)c1N(C)Cc1cccc(C)n1. The van der Waals surface area contributed by atoms with E-state index in [0.717, 1.165) is 11.4 Å². The van der Waals surface area contributed by atoms with Gasteiger partial charge in [0, 0.05) is 18.3 Å². The summed E-state index contributed by atoms with van der Waals surface area (Å²) >= 11 is 0. The third kappa shape index (κ3) is 3.02. The molecule has 0 atom stereocenters. The highest BCUT2D eigenvalue weighted by molar-refractivity contribution is 5.99. The van der Waals surface area contributed by atoms with Gasteiger partial charge in [-0.1, -0.05) is 12.1 Å². The average molecular weight is 272 g/mol. The number of pyridine rings is 1. The van der Waals surface area contributed by atoms with E-state index in [0.29, 0.717) is 17.8 Å².